The zero-order chi connectivity index (χ0) is 19.6. The van der Waals surface area contributed by atoms with Crippen LogP contribution in [0.3, 0.4) is 0 Å². The predicted octanol–water partition coefficient (Wildman–Crippen LogP) is 5.55. The molecule has 0 aliphatic carbocycles. The number of fused-ring (bicyclic) bond motifs is 1. The van der Waals surface area contributed by atoms with Gasteiger partial charge in [-0.3, -0.25) is 0 Å². The fraction of sp³-hybridized carbons (Fsp3) is 0.0833. The molecular weight excluding hydrogens is 362 g/mol. The van der Waals surface area contributed by atoms with Crippen LogP contribution in [-0.4, -0.2) is 21.1 Å². The number of benzene rings is 3. The van der Waals surface area contributed by atoms with E-state index < -0.39 is 0 Å². The van der Waals surface area contributed by atoms with Crippen molar-refractivity contribution in [3.05, 3.63) is 90.5 Å². The maximum Gasteiger partial charge on any atom is 0.150 e. The van der Waals surface area contributed by atoms with Gasteiger partial charge in [0.2, 0.25) is 0 Å². The Morgan fingerprint density at radius 3 is 2.45 bits per heavy atom. The van der Waals surface area contributed by atoms with E-state index in [0.717, 1.165) is 34.1 Å². The molecule has 0 radical (unpaired) electrons. The molecule has 1 aliphatic heterocycles. The highest BCUT2D eigenvalue weighted by atomic mass is 16.5. The minimum absolute atomic E-state index is 0.0870. The summed E-state index contributed by atoms with van der Waals surface area (Å²) in [4.78, 5) is 4.57. The quantitative estimate of drug-likeness (QED) is 0.504. The zero-order valence-corrected chi connectivity index (χ0v) is 15.6. The van der Waals surface area contributed by atoms with E-state index in [-0.39, 0.29) is 11.7 Å². The molecule has 0 fully saturated rings. The van der Waals surface area contributed by atoms with Gasteiger partial charge in [-0.2, -0.15) is 5.10 Å². The second-order valence-electron chi connectivity index (χ2n) is 6.99. The number of rotatable bonds is 4. The fourth-order valence-corrected chi connectivity index (χ4v) is 3.45. The third-order valence-electron chi connectivity index (χ3n) is 4.94. The molecule has 142 valence electrons. The van der Waals surface area contributed by atoms with Crippen LogP contribution in [0.15, 0.2) is 89.9 Å². The van der Waals surface area contributed by atoms with E-state index >= 15 is 0 Å². The molecule has 3 aromatic carbocycles. The number of hydrogen-bond donors (Lipinski definition) is 1. The summed E-state index contributed by atoms with van der Waals surface area (Å²) in [6, 6.07) is 26.9. The van der Waals surface area contributed by atoms with E-state index in [0.29, 0.717) is 6.54 Å². The molecule has 0 saturated heterocycles. The molecule has 5 nitrogen and oxygen atoms in total. The summed E-state index contributed by atoms with van der Waals surface area (Å²) < 4.78 is 7.77. The SMILES string of the molecule is Oc1cccc(C2C=Nc3cc(-c4ccc(Oc5ccccc5)cc4)nn3C2)c1. The molecule has 5 heteroatoms. The first-order valence-electron chi connectivity index (χ1n) is 9.49. The van der Waals surface area contributed by atoms with E-state index in [2.05, 4.69) is 4.99 Å². The number of phenols is 1. The molecule has 0 spiro atoms. The van der Waals surface area contributed by atoms with Crippen LogP contribution < -0.4 is 4.74 Å². The molecule has 4 aromatic rings. The first kappa shape index (κ1) is 17.3. The van der Waals surface area contributed by atoms with Crippen molar-refractivity contribution < 1.29 is 9.84 Å². The van der Waals surface area contributed by atoms with Crippen molar-refractivity contribution in [2.24, 2.45) is 4.99 Å². The average Bonchev–Trinajstić information content (AvgIpc) is 3.18. The largest absolute Gasteiger partial charge is 0.508 e. The van der Waals surface area contributed by atoms with Crippen molar-refractivity contribution in [3.8, 4) is 28.5 Å². The maximum atomic E-state index is 9.73. The van der Waals surface area contributed by atoms with Gasteiger partial charge in [0.05, 0.1) is 12.2 Å². The average molecular weight is 381 g/mol. The predicted molar refractivity (Wildman–Crippen MR) is 113 cm³/mol. The number of ether oxygens (including phenoxy) is 1. The summed E-state index contributed by atoms with van der Waals surface area (Å²) >= 11 is 0. The van der Waals surface area contributed by atoms with Gasteiger partial charge in [0.25, 0.3) is 0 Å². The lowest BCUT2D eigenvalue weighted by atomic mass is 9.99. The third kappa shape index (κ3) is 3.62. The molecule has 1 atom stereocenters. The van der Waals surface area contributed by atoms with Crippen LogP contribution in [0.4, 0.5) is 5.82 Å². The number of aromatic nitrogens is 2. The van der Waals surface area contributed by atoms with Gasteiger partial charge < -0.3 is 9.84 Å². The minimum Gasteiger partial charge on any atom is -0.508 e. The first-order chi connectivity index (χ1) is 14.2. The van der Waals surface area contributed by atoms with Crippen LogP contribution >= 0.6 is 0 Å². The molecule has 29 heavy (non-hydrogen) atoms. The van der Waals surface area contributed by atoms with Crippen molar-refractivity contribution >= 4 is 12.0 Å². The van der Waals surface area contributed by atoms with Crippen molar-refractivity contribution in [3.63, 3.8) is 0 Å². The Bertz CT molecular complexity index is 1160. The second kappa shape index (κ2) is 7.28. The Hall–Kier alpha value is -3.86. The van der Waals surface area contributed by atoms with Gasteiger partial charge in [0.1, 0.15) is 17.2 Å². The maximum absolute atomic E-state index is 9.73. The van der Waals surface area contributed by atoms with Gasteiger partial charge in [0, 0.05) is 23.8 Å². The van der Waals surface area contributed by atoms with Gasteiger partial charge in [-0.25, -0.2) is 9.67 Å². The monoisotopic (exact) mass is 381 g/mol. The van der Waals surface area contributed by atoms with Crippen LogP contribution in [0, 0.1) is 0 Å². The van der Waals surface area contributed by atoms with E-state index in [1.54, 1.807) is 12.1 Å². The topological polar surface area (TPSA) is 59.6 Å². The highest BCUT2D eigenvalue weighted by Crippen LogP contribution is 2.31. The van der Waals surface area contributed by atoms with E-state index in [1.807, 2.05) is 83.7 Å². The number of nitrogens with zero attached hydrogens (tertiary/aromatic N) is 3. The van der Waals surface area contributed by atoms with Gasteiger partial charge in [-0.1, -0.05) is 30.3 Å². The zero-order valence-electron chi connectivity index (χ0n) is 15.6. The first-order valence-corrected chi connectivity index (χ1v) is 9.49. The molecule has 2 heterocycles. The Kier molecular flexibility index (Phi) is 4.33. The lowest BCUT2D eigenvalue weighted by molar-refractivity contribution is 0.473. The van der Waals surface area contributed by atoms with Crippen LogP contribution in [0.1, 0.15) is 11.5 Å². The highest BCUT2D eigenvalue weighted by molar-refractivity contribution is 5.74. The Balaban J connectivity index is 1.34. The molecule has 1 N–H and O–H groups in total. The molecule has 0 amide bonds. The van der Waals surface area contributed by atoms with Crippen LogP contribution in [0.2, 0.25) is 0 Å². The molecular formula is C24H19N3O2. The smallest absolute Gasteiger partial charge is 0.150 e. The number of aromatic hydroxyl groups is 1. The summed E-state index contributed by atoms with van der Waals surface area (Å²) in [6.45, 7) is 0.692. The van der Waals surface area contributed by atoms with E-state index in [1.165, 1.54) is 0 Å². The molecule has 1 aromatic heterocycles. The summed E-state index contributed by atoms with van der Waals surface area (Å²) in [5.74, 6) is 2.78. The van der Waals surface area contributed by atoms with Gasteiger partial charge >= 0.3 is 0 Å². The number of para-hydroxylation sites is 1. The van der Waals surface area contributed by atoms with E-state index in [9.17, 15) is 5.11 Å². The lowest BCUT2D eigenvalue weighted by Gasteiger charge is -2.17. The fourth-order valence-electron chi connectivity index (χ4n) is 3.45. The molecule has 1 unspecified atom stereocenters. The normalized spacial score (nSPS) is 15.1. The summed E-state index contributed by atoms with van der Waals surface area (Å²) in [5.41, 5.74) is 2.91. The van der Waals surface area contributed by atoms with Gasteiger partial charge in [0.15, 0.2) is 5.82 Å². The molecule has 1 aliphatic rings. The van der Waals surface area contributed by atoms with E-state index in [4.69, 9.17) is 9.84 Å². The summed E-state index contributed by atoms with van der Waals surface area (Å²) in [6.07, 6.45) is 1.92. The van der Waals surface area contributed by atoms with Crippen molar-refractivity contribution in [2.75, 3.05) is 0 Å². The summed E-state index contributed by atoms with van der Waals surface area (Å²) in [7, 11) is 0. The third-order valence-corrected chi connectivity index (χ3v) is 4.94. The number of hydrogen-bond acceptors (Lipinski definition) is 4. The van der Waals surface area contributed by atoms with Crippen LogP contribution in [-0.2, 0) is 6.54 Å². The highest BCUT2D eigenvalue weighted by Gasteiger charge is 2.19. The van der Waals surface area contributed by atoms with Crippen molar-refractivity contribution in [1.29, 1.82) is 0 Å². The van der Waals surface area contributed by atoms with Gasteiger partial charge in [-0.15, -0.1) is 0 Å². The van der Waals surface area contributed by atoms with Crippen molar-refractivity contribution in [2.45, 2.75) is 12.5 Å². The lowest BCUT2D eigenvalue weighted by Crippen LogP contribution is -2.15. The second-order valence-corrected chi connectivity index (χ2v) is 6.99. The number of aliphatic imine (C=N–C) groups is 1. The van der Waals surface area contributed by atoms with Gasteiger partial charge in [-0.05, 0) is 54.1 Å². The standard InChI is InChI=1S/C24H19N3O2/c28-20-6-4-5-18(13-20)19-15-25-24-14-23(26-27(24)16-19)17-9-11-22(12-10-17)29-21-7-2-1-3-8-21/h1-15,19,28H,16H2. The Morgan fingerprint density at radius 2 is 1.66 bits per heavy atom. The minimum atomic E-state index is 0.0870. The van der Waals surface area contributed by atoms with Crippen LogP contribution in [0.5, 0.6) is 17.2 Å². The number of phenolic OH excluding ortho intramolecular Hbond substituents is 1. The summed E-state index contributed by atoms with van der Waals surface area (Å²) in [5, 5.41) is 14.5. The van der Waals surface area contributed by atoms with Crippen LogP contribution in [0.25, 0.3) is 11.3 Å². The Morgan fingerprint density at radius 1 is 0.862 bits per heavy atom. The molecule has 5 rings (SSSR count). The molecule has 0 bridgehead atoms. The molecule has 0 saturated carbocycles. The Labute approximate surface area is 168 Å². The van der Waals surface area contributed by atoms with Crippen molar-refractivity contribution in [1.82, 2.24) is 9.78 Å².